The fourth-order valence-corrected chi connectivity index (χ4v) is 3.94. The third-order valence-corrected chi connectivity index (χ3v) is 5.20. The van der Waals surface area contributed by atoms with Crippen LogP contribution in [0.2, 0.25) is 0 Å². The Kier molecular flexibility index (Phi) is 4.62. The van der Waals surface area contributed by atoms with Gasteiger partial charge in [0.05, 0.1) is 0 Å². The lowest BCUT2D eigenvalue weighted by Crippen LogP contribution is -2.53. The summed E-state index contributed by atoms with van der Waals surface area (Å²) in [5.74, 6) is 0.344. The predicted molar refractivity (Wildman–Crippen MR) is 87.9 cm³/mol. The number of amides is 1. The minimum atomic E-state index is -0.405. The van der Waals surface area contributed by atoms with E-state index in [4.69, 9.17) is 5.73 Å². The van der Waals surface area contributed by atoms with Gasteiger partial charge in [-0.1, -0.05) is 19.3 Å². The Hall–Kier alpha value is -1.62. The van der Waals surface area contributed by atoms with Crippen LogP contribution in [0.3, 0.4) is 0 Å². The number of nitrogens with two attached hydrogens (primary N) is 1. The van der Waals surface area contributed by atoms with Crippen molar-refractivity contribution in [3.05, 3.63) is 23.9 Å². The van der Waals surface area contributed by atoms with Gasteiger partial charge in [-0.3, -0.25) is 9.69 Å². The van der Waals surface area contributed by atoms with Crippen LogP contribution >= 0.6 is 0 Å². The standard InChI is InChI=1S/C17H26N4O/c18-16(22)14-6-9-19-15(12-14)20-13-17(7-2-3-8-17)21-10-4-1-5-11-21/h6,9,12H,1-5,7-8,10-11,13H2,(H2,18,22)(H,19,20). The number of likely N-dealkylation sites (tertiary alicyclic amines) is 1. The summed E-state index contributed by atoms with van der Waals surface area (Å²) < 4.78 is 0. The molecule has 0 unspecified atom stereocenters. The van der Waals surface area contributed by atoms with E-state index in [0.29, 0.717) is 5.56 Å². The number of hydrogen-bond acceptors (Lipinski definition) is 4. The maximum Gasteiger partial charge on any atom is 0.248 e. The lowest BCUT2D eigenvalue weighted by atomic mass is 9.92. The minimum absolute atomic E-state index is 0.269. The van der Waals surface area contributed by atoms with Gasteiger partial charge < -0.3 is 11.1 Å². The number of hydrogen-bond donors (Lipinski definition) is 2. The van der Waals surface area contributed by atoms with Crippen LogP contribution in [0.25, 0.3) is 0 Å². The number of rotatable bonds is 5. The Morgan fingerprint density at radius 1 is 1.23 bits per heavy atom. The summed E-state index contributed by atoms with van der Waals surface area (Å²) in [7, 11) is 0. The van der Waals surface area contributed by atoms with E-state index >= 15 is 0 Å². The zero-order valence-electron chi connectivity index (χ0n) is 13.2. The van der Waals surface area contributed by atoms with Gasteiger partial charge in [0.2, 0.25) is 5.91 Å². The molecule has 0 atom stereocenters. The first-order chi connectivity index (χ1) is 10.7. The Bertz CT molecular complexity index is 519. The van der Waals surface area contributed by atoms with Crippen molar-refractivity contribution in [1.82, 2.24) is 9.88 Å². The summed E-state index contributed by atoms with van der Waals surface area (Å²) in [6.07, 6.45) is 10.8. The Balaban J connectivity index is 1.69. The molecule has 120 valence electrons. The van der Waals surface area contributed by atoms with Crippen molar-refractivity contribution >= 4 is 11.7 Å². The first-order valence-electron chi connectivity index (χ1n) is 8.44. The number of aromatic nitrogens is 1. The van der Waals surface area contributed by atoms with Crippen molar-refractivity contribution in [2.75, 3.05) is 25.0 Å². The van der Waals surface area contributed by atoms with Crippen LogP contribution in [0, 0.1) is 0 Å². The topological polar surface area (TPSA) is 71.2 Å². The summed E-state index contributed by atoms with van der Waals surface area (Å²) in [5.41, 5.74) is 6.12. The molecule has 1 saturated carbocycles. The molecule has 1 saturated heterocycles. The highest BCUT2D eigenvalue weighted by molar-refractivity contribution is 5.93. The Labute approximate surface area is 132 Å². The molecule has 2 heterocycles. The van der Waals surface area contributed by atoms with E-state index in [2.05, 4.69) is 15.2 Å². The molecule has 0 radical (unpaired) electrons. The van der Waals surface area contributed by atoms with Crippen molar-refractivity contribution in [3.63, 3.8) is 0 Å². The average Bonchev–Trinajstić information content (AvgIpc) is 3.04. The SMILES string of the molecule is NC(=O)c1ccnc(NCC2(N3CCCCC3)CCCC2)c1. The number of pyridine rings is 1. The molecule has 3 rings (SSSR count). The molecule has 2 fully saturated rings. The van der Waals surface area contributed by atoms with Crippen molar-refractivity contribution in [2.45, 2.75) is 50.5 Å². The molecular formula is C17H26N4O. The minimum Gasteiger partial charge on any atom is -0.368 e. The number of primary amides is 1. The highest BCUT2D eigenvalue weighted by Crippen LogP contribution is 2.37. The summed E-state index contributed by atoms with van der Waals surface area (Å²) in [6, 6.07) is 3.41. The summed E-state index contributed by atoms with van der Waals surface area (Å²) in [5, 5.41) is 3.46. The smallest absolute Gasteiger partial charge is 0.248 e. The molecule has 1 aliphatic carbocycles. The Morgan fingerprint density at radius 3 is 2.64 bits per heavy atom. The Morgan fingerprint density at radius 2 is 1.95 bits per heavy atom. The van der Waals surface area contributed by atoms with Crippen LogP contribution in [-0.2, 0) is 0 Å². The molecule has 1 aromatic rings. The van der Waals surface area contributed by atoms with E-state index in [9.17, 15) is 4.79 Å². The zero-order valence-corrected chi connectivity index (χ0v) is 13.2. The van der Waals surface area contributed by atoms with Crippen molar-refractivity contribution in [3.8, 4) is 0 Å². The molecule has 22 heavy (non-hydrogen) atoms. The molecule has 0 aromatic carbocycles. The molecule has 3 N–H and O–H groups in total. The third kappa shape index (κ3) is 3.24. The van der Waals surface area contributed by atoms with E-state index in [1.54, 1.807) is 18.3 Å². The largest absolute Gasteiger partial charge is 0.368 e. The lowest BCUT2D eigenvalue weighted by molar-refractivity contribution is 0.0808. The van der Waals surface area contributed by atoms with Crippen LogP contribution in [0.1, 0.15) is 55.3 Å². The van der Waals surface area contributed by atoms with Crippen LogP contribution in [0.5, 0.6) is 0 Å². The summed E-state index contributed by atoms with van der Waals surface area (Å²) in [6.45, 7) is 3.34. The van der Waals surface area contributed by atoms with Gasteiger partial charge in [0.25, 0.3) is 0 Å². The molecule has 0 spiro atoms. The maximum atomic E-state index is 11.3. The second-order valence-electron chi connectivity index (χ2n) is 6.63. The highest BCUT2D eigenvalue weighted by Gasteiger charge is 2.39. The summed E-state index contributed by atoms with van der Waals surface area (Å²) >= 11 is 0. The maximum absolute atomic E-state index is 11.3. The second-order valence-corrected chi connectivity index (χ2v) is 6.63. The highest BCUT2D eigenvalue weighted by atomic mass is 16.1. The van der Waals surface area contributed by atoms with E-state index in [1.165, 1.54) is 58.0 Å². The molecule has 5 nitrogen and oxygen atoms in total. The number of carbonyl (C=O) groups is 1. The zero-order chi connectivity index (χ0) is 15.4. The number of anilines is 1. The molecule has 1 aromatic heterocycles. The van der Waals surface area contributed by atoms with E-state index in [0.717, 1.165) is 12.4 Å². The van der Waals surface area contributed by atoms with E-state index in [-0.39, 0.29) is 5.54 Å². The van der Waals surface area contributed by atoms with Crippen molar-refractivity contribution in [1.29, 1.82) is 0 Å². The van der Waals surface area contributed by atoms with Crippen molar-refractivity contribution < 1.29 is 4.79 Å². The number of piperidine rings is 1. The summed E-state index contributed by atoms with van der Waals surface area (Å²) in [4.78, 5) is 18.3. The molecule has 5 heteroatoms. The number of carbonyl (C=O) groups excluding carboxylic acids is 1. The van der Waals surface area contributed by atoms with Crippen LogP contribution < -0.4 is 11.1 Å². The van der Waals surface area contributed by atoms with Gasteiger partial charge in [0.1, 0.15) is 5.82 Å². The monoisotopic (exact) mass is 302 g/mol. The molecule has 0 bridgehead atoms. The van der Waals surface area contributed by atoms with Gasteiger partial charge in [-0.2, -0.15) is 0 Å². The second kappa shape index (κ2) is 6.65. The normalized spacial score (nSPS) is 21.6. The van der Waals surface area contributed by atoms with Gasteiger partial charge in [-0.25, -0.2) is 4.98 Å². The number of nitrogens with zero attached hydrogens (tertiary/aromatic N) is 2. The van der Waals surface area contributed by atoms with Gasteiger partial charge in [0, 0.05) is 23.8 Å². The lowest BCUT2D eigenvalue weighted by Gasteiger charge is -2.43. The first-order valence-corrected chi connectivity index (χ1v) is 8.44. The van der Waals surface area contributed by atoms with Crippen LogP contribution in [-0.4, -0.2) is 41.0 Å². The van der Waals surface area contributed by atoms with E-state index in [1.807, 2.05) is 0 Å². The van der Waals surface area contributed by atoms with Gasteiger partial charge >= 0.3 is 0 Å². The quantitative estimate of drug-likeness (QED) is 0.876. The van der Waals surface area contributed by atoms with E-state index < -0.39 is 5.91 Å². The van der Waals surface area contributed by atoms with Crippen LogP contribution in [0.4, 0.5) is 5.82 Å². The molecule has 1 amide bonds. The average molecular weight is 302 g/mol. The molecule has 2 aliphatic rings. The van der Waals surface area contributed by atoms with Crippen molar-refractivity contribution in [2.24, 2.45) is 5.73 Å². The predicted octanol–water partition coefficient (Wildman–Crippen LogP) is 2.39. The molecule has 1 aliphatic heterocycles. The number of nitrogens with one attached hydrogen (secondary N) is 1. The fraction of sp³-hybridized carbons (Fsp3) is 0.647. The van der Waals surface area contributed by atoms with Gasteiger partial charge in [-0.05, 0) is 50.9 Å². The first kappa shape index (κ1) is 15.3. The fourth-order valence-electron chi connectivity index (χ4n) is 3.94. The van der Waals surface area contributed by atoms with Crippen LogP contribution in [0.15, 0.2) is 18.3 Å². The van der Waals surface area contributed by atoms with Gasteiger partial charge in [0.15, 0.2) is 0 Å². The van der Waals surface area contributed by atoms with Gasteiger partial charge in [-0.15, -0.1) is 0 Å². The molecular weight excluding hydrogens is 276 g/mol. The third-order valence-electron chi connectivity index (χ3n) is 5.20.